The first kappa shape index (κ1) is 14.2. The molecule has 1 N–H and O–H groups in total. The lowest BCUT2D eigenvalue weighted by atomic mass is 10.0. The van der Waals surface area contributed by atoms with Crippen molar-refractivity contribution >= 4 is 17.5 Å². The Morgan fingerprint density at radius 1 is 1.52 bits per heavy atom. The smallest absolute Gasteiger partial charge is 0.289 e. The zero-order valence-corrected chi connectivity index (χ0v) is 12.2. The van der Waals surface area contributed by atoms with Gasteiger partial charge in [0.1, 0.15) is 5.76 Å². The molecule has 2 aromatic heterocycles. The number of hydrogen-bond acceptors (Lipinski definition) is 5. The van der Waals surface area contributed by atoms with Crippen LogP contribution in [0.5, 0.6) is 0 Å². The van der Waals surface area contributed by atoms with Crippen molar-refractivity contribution in [1.29, 1.82) is 0 Å². The lowest BCUT2D eigenvalue weighted by Gasteiger charge is -2.13. The van der Waals surface area contributed by atoms with Gasteiger partial charge in [0.15, 0.2) is 11.0 Å². The van der Waals surface area contributed by atoms with E-state index in [2.05, 4.69) is 5.16 Å². The van der Waals surface area contributed by atoms with Crippen LogP contribution in [-0.2, 0) is 6.42 Å². The van der Waals surface area contributed by atoms with Gasteiger partial charge in [-0.2, -0.15) is 0 Å². The number of β-amino-alcohol motifs (C(OH)–C–C–N with tert-alkyl or cyclic N) is 1. The van der Waals surface area contributed by atoms with Crippen LogP contribution in [0.15, 0.2) is 27.1 Å². The molecule has 0 saturated carbocycles. The fourth-order valence-corrected chi connectivity index (χ4v) is 2.72. The highest BCUT2D eigenvalue weighted by atomic mass is 35.5. The third-order valence-electron chi connectivity index (χ3n) is 3.62. The molecule has 0 unspecified atom stereocenters. The molecule has 0 spiro atoms. The number of halogens is 1. The third kappa shape index (κ3) is 2.96. The van der Waals surface area contributed by atoms with Crippen LogP contribution in [0.3, 0.4) is 0 Å². The van der Waals surface area contributed by atoms with Crippen LogP contribution in [0.1, 0.15) is 22.0 Å². The summed E-state index contributed by atoms with van der Waals surface area (Å²) < 4.78 is 10.3. The molecule has 1 aliphatic heterocycles. The van der Waals surface area contributed by atoms with Gasteiger partial charge in [0.05, 0.1) is 11.8 Å². The monoisotopic (exact) mass is 310 g/mol. The van der Waals surface area contributed by atoms with E-state index in [-0.39, 0.29) is 29.3 Å². The number of carbonyl (C=O) groups excluding carboxylic acids is 1. The van der Waals surface area contributed by atoms with E-state index in [1.807, 2.05) is 13.0 Å². The Balaban J connectivity index is 1.66. The Kier molecular flexibility index (Phi) is 3.73. The summed E-state index contributed by atoms with van der Waals surface area (Å²) in [6, 6.07) is 4.89. The fourth-order valence-electron chi connectivity index (χ4n) is 2.58. The van der Waals surface area contributed by atoms with E-state index >= 15 is 0 Å². The van der Waals surface area contributed by atoms with Gasteiger partial charge in [-0.3, -0.25) is 4.79 Å². The minimum atomic E-state index is -0.593. The molecule has 2 aromatic rings. The SMILES string of the molecule is Cc1cc(C[C@@H]2CN(C(=O)c3ccc(Cl)o3)C[C@@H]2O)on1. The molecule has 1 aliphatic rings. The second-order valence-electron chi connectivity index (χ2n) is 5.28. The predicted octanol–water partition coefficient (Wildman–Crippen LogP) is 1.91. The van der Waals surface area contributed by atoms with Crippen LogP contribution >= 0.6 is 11.6 Å². The molecule has 2 atom stereocenters. The summed E-state index contributed by atoms with van der Waals surface area (Å²) in [6.07, 6.45) is -0.0465. The Morgan fingerprint density at radius 2 is 2.33 bits per heavy atom. The first-order valence-corrected chi connectivity index (χ1v) is 7.05. The van der Waals surface area contributed by atoms with Crippen molar-refractivity contribution in [3.63, 3.8) is 0 Å². The average molecular weight is 311 g/mol. The number of furan rings is 1. The number of aryl methyl sites for hydroxylation is 1. The van der Waals surface area contributed by atoms with Gasteiger partial charge in [0.25, 0.3) is 5.91 Å². The van der Waals surface area contributed by atoms with Gasteiger partial charge in [-0.25, -0.2) is 0 Å². The Hall–Kier alpha value is -1.79. The number of rotatable bonds is 3. The molecule has 21 heavy (non-hydrogen) atoms. The van der Waals surface area contributed by atoms with Gasteiger partial charge in [-0.15, -0.1) is 0 Å². The van der Waals surface area contributed by atoms with Gasteiger partial charge in [0.2, 0.25) is 0 Å². The maximum absolute atomic E-state index is 12.2. The van der Waals surface area contributed by atoms with E-state index in [0.717, 1.165) is 5.69 Å². The Labute approximate surface area is 126 Å². The molecule has 0 radical (unpaired) electrons. The Bertz CT molecular complexity index is 651. The van der Waals surface area contributed by atoms with Crippen molar-refractivity contribution < 1.29 is 18.8 Å². The zero-order valence-electron chi connectivity index (χ0n) is 11.5. The van der Waals surface area contributed by atoms with Crippen molar-refractivity contribution in [2.45, 2.75) is 19.4 Å². The van der Waals surface area contributed by atoms with Crippen LogP contribution in [0.2, 0.25) is 5.22 Å². The quantitative estimate of drug-likeness (QED) is 0.936. The number of aliphatic hydroxyl groups is 1. The normalized spacial score (nSPS) is 22.0. The van der Waals surface area contributed by atoms with E-state index in [0.29, 0.717) is 18.7 Å². The Morgan fingerprint density at radius 3 is 2.95 bits per heavy atom. The molecule has 0 bridgehead atoms. The van der Waals surface area contributed by atoms with Crippen LogP contribution < -0.4 is 0 Å². The molecule has 0 aromatic carbocycles. The molecule has 1 amide bonds. The van der Waals surface area contributed by atoms with Gasteiger partial charge < -0.3 is 18.9 Å². The molecular weight excluding hydrogens is 296 g/mol. The van der Waals surface area contributed by atoms with Crippen LogP contribution in [0.4, 0.5) is 0 Å². The van der Waals surface area contributed by atoms with Crippen LogP contribution in [-0.4, -0.2) is 40.3 Å². The van der Waals surface area contributed by atoms with Gasteiger partial charge in [-0.1, -0.05) is 5.16 Å². The summed E-state index contributed by atoms with van der Waals surface area (Å²) in [4.78, 5) is 13.8. The first-order valence-electron chi connectivity index (χ1n) is 6.68. The molecule has 1 fully saturated rings. The molecule has 112 valence electrons. The van der Waals surface area contributed by atoms with E-state index in [4.69, 9.17) is 20.5 Å². The number of aromatic nitrogens is 1. The zero-order chi connectivity index (χ0) is 15.0. The topological polar surface area (TPSA) is 79.7 Å². The highest BCUT2D eigenvalue weighted by molar-refractivity contribution is 6.29. The van der Waals surface area contributed by atoms with Gasteiger partial charge in [0, 0.05) is 31.5 Å². The van der Waals surface area contributed by atoms with E-state index in [1.54, 1.807) is 4.90 Å². The van der Waals surface area contributed by atoms with Crippen molar-refractivity contribution in [3.8, 4) is 0 Å². The maximum Gasteiger partial charge on any atom is 0.289 e. The molecule has 3 heterocycles. The summed E-state index contributed by atoms with van der Waals surface area (Å²) in [6.45, 7) is 2.56. The molecule has 3 rings (SSSR count). The van der Waals surface area contributed by atoms with Crippen molar-refractivity contribution in [2.24, 2.45) is 5.92 Å². The van der Waals surface area contributed by atoms with Gasteiger partial charge >= 0.3 is 0 Å². The molecule has 7 heteroatoms. The van der Waals surface area contributed by atoms with Gasteiger partial charge in [-0.05, 0) is 30.7 Å². The highest BCUT2D eigenvalue weighted by Crippen LogP contribution is 2.24. The standard InChI is InChI=1S/C14H15ClN2O4/c1-8-4-10(21-16-8)5-9-6-17(7-11(9)18)14(19)12-2-3-13(15)20-12/h2-4,9,11,18H,5-7H2,1H3/t9-,11+/m1/s1. The summed E-state index contributed by atoms with van der Waals surface area (Å²) in [5, 5.41) is 14.1. The number of aliphatic hydroxyl groups excluding tert-OH is 1. The summed E-state index contributed by atoms with van der Waals surface area (Å²) >= 11 is 5.67. The fraction of sp³-hybridized carbons (Fsp3) is 0.429. The number of hydrogen-bond donors (Lipinski definition) is 1. The minimum absolute atomic E-state index is 0.0771. The molecular formula is C14H15ClN2O4. The van der Waals surface area contributed by atoms with E-state index in [1.165, 1.54) is 12.1 Å². The number of likely N-dealkylation sites (tertiary alicyclic amines) is 1. The molecule has 0 aliphatic carbocycles. The summed E-state index contributed by atoms with van der Waals surface area (Å²) in [5.41, 5.74) is 0.802. The lowest BCUT2D eigenvalue weighted by molar-refractivity contribution is 0.0733. The van der Waals surface area contributed by atoms with Crippen molar-refractivity contribution in [1.82, 2.24) is 10.1 Å². The maximum atomic E-state index is 12.2. The number of carbonyl (C=O) groups is 1. The largest absolute Gasteiger partial charge is 0.440 e. The number of nitrogens with zero attached hydrogens (tertiary/aromatic N) is 2. The molecule has 6 nitrogen and oxygen atoms in total. The second-order valence-corrected chi connectivity index (χ2v) is 5.65. The number of amides is 1. The highest BCUT2D eigenvalue weighted by Gasteiger charge is 2.36. The first-order chi connectivity index (χ1) is 10.0. The summed E-state index contributed by atoms with van der Waals surface area (Å²) in [7, 11) is 0. The molecule has 1 saturated heterocycles. The van der Waals surface area contributed by atoms with Crippen molar-refractivity contribution in [3.05, 3.63) is 40.6 Å². The average Bonchev–Trinajstić information content (AvgIpc) is 3.12. The van der Waals surface area contributed by atoms with Crippen molar-refractivity contribution in [2.75, 3.05) is 13.1 Å². The summed E-state index contributed by atoms with van der Waals surface area (Å²) in [5.74, 6) is 0.555. The lowest BCUT2D eigenvalue weighted by Crippen LogP contribution is -2.29. The van der Waals surface area contributed by atoms with Crippen LogP contribution in [0, 0.1) is 12.8 Å². The minimum Gasteiger partial charge on any atom is -0.440 e. The second kappa shape index (κ2) is 5.54. The van der Waals surface area contributed by atoms with E-state index in [9.17, 15) is 9.90 Å². The third-order valence-corrected chi connectivity index (χ3v) is 3.82. The van der Waals surface area contributed by atoms with E-state index < -0.39 is 6.10 Å². The predicted molar refractivity (Wildman–Crippen MR) is 74.1 cm³/mol. The van der Waals surface area contributed by atoms with Crippen LogP contribution in [0.25, 0.3) is 0 Å².